The van der Waals surface area contributed by atoms with Crippen LogP contribution in [0.25, 0.3) is 10.2 Å². The zero-order valence-electron chi connectivity index (χ0n) is 16.0. The third-order valence-electron chi connectivity index (χ3n) is 5.02. The third-order valence-corrected chi connectivity index (χ3v) is 7.11. The molecule has 0 unspecified atom stereocenters. The number of thioether (sulfide) groups is 1. The number of para-hydroxylation sites is 1. The van der Waals surface area contributed by atoms with Gasteiger partial charge in [-0.25, -0.2) is 4.98 Å². The van der Waals surface area contributed by atoms with Gasteiger partial charge in [-0.1, -0.05) is 43.0 Å². The van der Waals surface area contributed by atoms with Gasteiger partial charge >= 0.3 is 0 Å². The van der Waals surface area contributed by atoms with Crippen LogP contribution in [0.4, 0.5) is 0 Å². The maximum absolute atomic E-state index is 13.2. The summed E-state index contributed by atoms with van der Waals surface area (Å²) >= 11 is 3.27. The molecule has 0 saturated heterocycles. The van der Waals surface area contributed by atoms with Gasteiger partial charge in [-0.2, -0.15) is 0 Å². The highest BCUT2D eigenvalue weighted by Gasteiger charge is 2.24. The Morgan fingerprint density at radius 3 is 3.00 bits per heavy atom. The molecule has 1 atom stereocenters. The number of nitrogens with zero attached hydrogens (tertiary/aromatic N) is 2. The van der Waals surface area contributed by atoms with Gasteiger partial charge in [-0.3, -0.25) is 9.36 Å². The van der Waals surface area contributed by atoms with E-state index in [1.807, 2.05) is 30.3 Å². The lowest BCUT2D eigenvalue weighted by Gasteiger charge is -2.17. The predicted molar refractivity (Wildman–Crippen MR) is 118 cm³/mol. The van der Waals surface area contributed by atoms with Gasteiger partial charge in [-0.15, -0.1) is 17.9 Å². The molecule has 0 aliphatic heterocycles. The number of ether oxygens (including phenoxy) is 1. The fraction of sp³-hybridized carbons (Fsp3) is 0.364. The van der Waals surface area contributed by atoms with Gasteiger partial charge in [0, 0.05) is 17.2 Å². The monoisotopic (exact) mass is 412 g/mol. The molecule has 0 fully saturated rings. The number of benzene rings is 1. The van der Waals surface area contributed by atoms with Crippen LogP contribution in [0, 0.1) is 5.92 Å². The van der Waals surface area contributed by atoms with E-state index < -0.39 is 0 Å². The Morgan fingerprint density at radius 2 is 2.21 bits per heavy atom. The van der Waals surface area contributed by atoms with Crippen molar-refractivity contribution in [3.8, 4) is 5.75 Å². The van der Waals surface area contributed by atoms with Crippen molar-refractivity contribution in [1.29, 1.82) is 0 Å². The van der Waals surface area contributed by atoms with E-state index in [9.17, 15) is 4.79 Å². The lowest BCUT2D eigenvalue weighted by molar-refractivity contribution is 0.344. The molecule has 0 N–H and O–H groups in total. The third kappa shape index (κ3) is 3.89. The average molecular weight is 413 g/mol. The van der Waals surface area contributed by atoms with Gasteiger partial charge < -0.3 is 4.74 Å². The van der Waals surface area contributed by atoms with E-state index in [1.54, 1.807) is 33.7 Å². The van der Waals surface area contributed by atoms with E-state index in [1.165, 1.54) is 10.4 Å². The molecule has 1 aliphatic rings. The highest BCUT2D eigenvalue weighted by Crippen LogP contribution is 2.36. The molecule has 0 bridgehead atoms. The van der Waals surface area contributed by atoms with E-state index in [0.29, 0.717) is 19.1 Å². The summed E-state index contributed by atoms with van der Waals surface area (Å²) in [6.45, 7) is 7.14. The number of hydrogen-bond acceptors (Lipinski definition) is 5. The van der Waals surface area contributed by atoms with Crippen LogP contribution in [0.15, 0.2) is 52.9 Å². The molecule has 2 heterocycles. The van der Waals surface area contributed by atoms with Gasteiger partial charge in [0.15, 0.2) is 5.16 Å². The first-order chi connectivity index (χ1) is 13.7. The second-order valence-corrected chi connectivity index (χ2v) is 9.29. The summed E-state index contributed by atoms with van der Waals surface area (Å²) in [4.78, 5) is 20.3. The van der Waals surface area contributed by atoms with E-state index >= 15 is 0 Å². The number of allylic oxidation sites excluding steroid dienone is 1. The maximum atomic E-state index is 13.2. The van der Waals surface area contributed by atoms with Gasteiger partial charge in [-0.05, 0) is 42.9 Å². The minimum atomic E-state index is 0.0726. The van der Waals surface area contributed by atoms with Gasteiger partial charge in [0.2, 0.25) is 0 Å². The summed E-state index contributed by atoms with van der Waals surface area (Å²) in [7, 11) is 0. The van der Waals surface area contributed by atoms with E-state index in [4.69, 9.17) is 9.72 Å². The molecule has 4 nitrogen and oxygen atoms in total. The van der Waals surface area contributed by atoms with Crippen molar-refractivity contribution < 1.29 is 4.74 Å². The van der Waals surface area contributed by atoms with E-state index in [-0.39, 0.29) is 5.56 Å². The number of fused-ring (bicyclic) bond motifs is 3. The normalized spacial score (nSPS) is 16.1. The van der Waals surface area contributed by atoms with Crippen LogP contribution in [0.5, 0.6) is 5.75 Å². The molecule has 0 saturated carbocycles. The van der Waals surface area contributed by atoms with Crippen LogP contribution in [0.3, 0.4) is 0 Å². The standard InChI is InChI=1S/C22H24N2O2S2/c1-3-11-24-21(25)19-17-10-9-15(2)14-18(17)28-20(19)23-22(24)27-13-12-26-16-7-5-4-6-8-16/h3-8,15H,1,9-14H2,2H3/t15-/m1/s1. The van der Waals surface area contributed by atoms with Crippen LogP contribution < -0.4 is 10.3 Å². The van der Waals surface area contributed by atoms with Crippen LogP contribution in [0.1, 0.15) is 23.8 Å². The first kappa shape index (κ1) is 19.3. The Labute approximate surface area is 173 Å². The highest BCUT2D eigenvalue weighted by atomic mass is 32.2. The molecule has 0 spiro atoms. The zero-order chi connectivity index (χ0) is 19.5. The van der Waals surface area contributed by atoms with E-state index in [2.05, 4.69) is 13.5 Å². The van der Waals surface area contributed by atoms with Crippen molar-refractivity contribution in [2.45, 2.75) is 37.9 Å². The summed E-state index contributed by atoms with van der Waals surface area (Å²) in [6, 6.07) is 9.77. The number of hydrogen-bond donors (Lipinski definition) is 0. The molecule has 6 heteroatoms. The zero-order valence-corrected chi connectivity index (χ0v) is 17.7. The molecule has 146 valence electrons. The maximum Gasteiger partial charge on any atom is 0.263 e. The van der Waals surface area contributed by atoms with Crippen LogP contribution in [-0.2, 0) is 19.4 Å². The quantitative estimate of drug-likeness (QED) is 0.239. The molecular formula is C22H24N2O2S2. The second kappa shape index (κ2) is 8.53. The lowest BCUT2D eigenvalue weighted by atomic mass is 9.89. The smallest absolute Gasteiger partial charge is 0.263 e. The van der Waals surface area contributed by atoms with Crippen molar-refractivity contribution in [2.24, 2.45) is 5.92 Å². The van der Waals surface area contributed by atoms with Gasteiger partial charge in [0.1, 0.15) is 10.6 Å². The lowest BCUT2D eigenvalue weighted by Crippen LogP contribution is -2.23. The average Bonchev–Trinajstić information content (AvgIpc) is 3.06. The molecule has 1 aromatic carbocycles. The molecule has 0 radical (unpaired) electrons. The van der Waals surface area contributed by atoms with Crippen molar-refractivity contribution in [3.63, 3.8) is 0 Å². The molecule has 1 aliphatic carbocycles. The van der Waals surface area contributed by atoms with Crippen molar-refractivity contribution in [1.82, 2.24) is 9.55 Å². The van der Waals surface area contributed by atoms with Crippen LogP contribution in [0.2, 0.25) is 0 Å². The van der Waals surface area contributed by atoms with Crippen LogP contribution in [-0.4, -0.2) is 21.9 Å². The highest BCUT2D eigenvalue weighted by molar-refractivity contribution is 7.99. The minimum absolute atomic E-state index is 0.0726. The number of aromatic nitrogens is 2. The predicted octanol–water partition coefficient (Wildman–Crippen LogP) is 4.94. The Bertz CT molecular complexity index is 1040. The molecule has 28 heavy (non-hydrogen) atoms. The molecule has 3 aromatic rings. The summed E-state index contributed by atoms with van der Waals surface area (Å²) in [5.74, 6) is 2.27. The summed E-state index contributed by atoms with van der Waals surface area (Å²) in [6.07, 6.45) is 4.96. The van der Waals surface area contributed by atoms with Gasteiger partial charge in [0.05, 0.1) is 12.0 Å². The summed E-state index contributed by atoms with van der Waals surface area (Å²) in [5, 5.41) is 1.58. The second-order valence-electron chi connectivity index (χ2n) is 7.14. The Kier molecular flexibility index (Phi) is 5.87. The SMILES string of the molecule is C=CCn1c(SCCOc2ccccc2)nc2sc3c(c2c1=O)CC[C@@H](C)C3. The summed E-state index contributed by atoms with van der Waals surface area (Å²) < 4.78 is 7.53. The number of thiophene rings is 1. The first-order valence-corrected chi connectivity index (χ1v) is 11.4. The number of aryl methyl sites for hydroxylation is 1. The van der Waals surface area contributed by atoms with Crippen molar-refractivity contribution in [3.05, 3.63) is 63.8 Å². The molecular weight excluding hydrogens is 388 g/mol. The Hall–Kier alpha value is -2.05. The van der Waals surface area contributed by atoms with Gasteiger partial charge in [0.25, 0.3) is 5.56 Å². The fourth-order valence-electron chi connectivity index (χ4n) is 3.61. The number of rotatable bonds is 7. The fourth-order valence-corrected chi connectivity index (χ4v) is 5.86. The molecule has 2 aromatic heterocycles. The van der Waals surface area contributed by atoms with Crippen LogP contribution >= 0.6 is 23.1 Å². The first-order valence-electron chi connectivity index (χ1n) is 9.64. The van der Waals surface area contributed by atoms with Crippen molar-refractivity contribution in [2.75, 3.05) is 12.4 Å². The summed E-state index contributed by atoms with van der Waals surface area (Å²) in [5.41, 5.74) is 1.31. The minimum Gasteiger partial charge on any atom is -0.493 e. The van der Waals surface area contributed by atoms with E-state index in [0.717, 1.165) is 46.1 Å². The Balaban J connectivity index is 1.59. The van der Waals surface area contributed by atoms with Crippen molar-refractivity contribution >= 4 is 33.3 Å². The largest absolute Gasteiger partial charge is 0.493 e. The topological polar surface area (TPSA) is 44.1 Å². The Morgan fingerprint density at radius 1 is 1.39 bits per heavy atom. The molecule has 0 amide bonds. The molecule has 4 rings (SSSR count).